The predicted octanol–water partition coefficient (Wildman–Crippen LogP) is 5.91. The van der Waals surface area contributed by atoms with Crippen molar-refractivity contribution >= 4 is 0 Å². The normalized spacial score (nSPS) is 34.8. The van der Waals surface area contributed by atoms with Crippen LogP contribution in [0.5, 0.6) is 0 Å². The first-order chi connectivity index (χ1) is 7.30. The van der Waals surface area contributed by atoms with Crippen molar-refractivity contribution in [3.8, 4) is 0 Å². The molecule has 0 amide bonds. The zero-order chi connectivity index (χ0) is 13.7. The SMILES string of the molecule is CC(C)(C)C1CCC(C)(C(C)(C)C)CC1(C)C. The van der Waals surface area contributed by atoms with Gasteiger partial charge in [-0.2, -0.15) is 0 Å². The van der Waals surface area contributed by atoms with E-state index in [0.717, 1.165) is 5.92 Å². The molecular formula is C17H34. The summed E-state index contributed by atoms with van der Waals surface area (Å²) in [7, 11) is 0. The second-order valence-electron chi connectivity index (χ2n) is 9.43. The molecular weight excluding hydrogens is 204 g/mol. The average Bonchev–Trinajstić information content (AvgIpc) is 1.95. The first-order valence-electron chi connectivity index (χ1n) is 7.30. The summed E-state index contributed by atoms with van der Waals surface area (Å²) in [4.78, 5) is 0. The van der Waals surface area contributed by atoms with Crippen LogP contribution in [0.15, 0.2) is 0 Å². The zero-order valence-electron chi connectivity index (χ0n) is 13.7. The Bertz CT molecular complexity index is 271. The quantitative estimate of drug-likeness (QED) is 0.492. The molecule has 0 radical (unpaired) electrons. The van der Waals surface area contributed by atoms with Gasteiger partial charge in [0.15, 0.2) is 0 Å². The molecule has 0 spiro atoms. The first-order valence-corrected chi connectivity index (χ1v) is 7.30. The Morgan fingerprint density at radius 2 is 1.35 bits per heavy atom. The highest BCUT2D eigenvalue weighted by atomic mass is 14.5. The van der Waals surface area contributed by atoms with E-state index in [2.05, 4.69) is 62.3 Å². The smallest absolute Gasteiger partial charge is 0.0272 e. The summed E-state index contributed by atoms with van der Waals surface area (Å²) in [6.45, 7) is 22.0. The first kappa shape index (κ1) is 15.1. The van der Waals surface area contributed by atoms with E-state index in [4.69, 9.17) is 0 Å². The number of hydrogen-bond donors (Lipinski definition) is 0. The van der Waals surface area contributed by atoms with Crippen LogP contribution >= 0.6 is 0 Å². The largest absolute Gasteiger partial charge is 0.0599 e. The van der Waals surface area contributed by atoms with Gasteiger partial charge in [0, 0.05) is 0 Å². The highest BCUT2D eigenvalue weighted by molar-refractivity contribution is 5.00. The highest BCUT2D eigenvalue weighted by Gasteiger charge is 2.50. The molecule has 1 rings (SSSR count). The van der Waals surface area contributed by atoms with Gasteiger partial charge in [-0.3, -0.25) is 0 Å². The predicted molar refractivity (Wildman–Crippen MR) is 78.1 cm³/mol. The minimum Gasteiger partial charge on any atom is -0.0599 e. The lowest BCUT2D eigenvalue weighted by Gasteiger charge is -2.57. The van der Waals surface area contributed by atoms with Crippen molar-refractivity contribution in [2.75, 3.05) is 0 Å². The van der Waals surface area contributed by atoms with E-state index < -0.39 is 0 Å². The second kappa shape index (κ2) is 4.00. The van der Waals surface area contributed by atoms with Gasteiger partial charge in [0.1, 0.15) is 0 Å². The standard InChI is InChI=1S/C17H34/c1-14(2,3)13-10-11-17(9,15(4,5)6)12-16(13,7)8/h13H,10-12H2,1-9H3. The van der Waals surface area contributed by atoms with Crippen LogP contribution in [-0.4, -0.2) is 0 Å². The minimum atomic E-state index is 0.424. The fourth-order valence-electron chi connectivity index (χ4n) is 4.32. The van der Waals surface area contributed by atoms with Crippen molar-refractivity contribution in [2.45, 2.75) is 81.6 Å². The van der Waals surface area contributed by atoms with Gasteiger partial charge in [0.2, 0.25) is 0 Å². The summed E-state index contributed by atoms with van der Waals surface area (Å²) in [6.07, 6.45) is 4.15. The number of rotatable bonds is 0. The van der Waals surface area contributed by atoms with E-state index in [1.165, 1.54) is 19.3 Å². The lowest BCUT2D eigenvalue weighted by molar-refractivity contribution is -0.0671. The molecule has 1 aliphatic carbocycles. The topological polar surface area (TPSA) is 0 Å². The van der Waals surface area contributed by atoms with Gasteiger partial charge in [0.25, 0.3) is 0 Å². The molecule has 0 nitrogen and oxygen atoms in total. The van der Waals surface area contributed by atoms with E-state index in [1.54, 1.807) is 0 Å². The molecule has 2 unspecified atom stereocenters. The van der Waals surface area contributed by atoms with Crippen LogP contribution in [0.25, 0.3) is 0 Å². The number of hydrogen-bond acceptors (Lipinski definition) is 0. The average molecular weight is 238 g/mol. The third-order valence-electron chi connectivity index (χ3n) is 5.63. The van der Waals surface area contributed by atoms with E-state index in [9.17, 15) is 0 Å². The Hall–Kier alpha value is 0. The summed E-state index contributed by atoms with van der Waals surface area (Å²) < 4.78 is 0. The van der Waals surface area contributed by atoms with E-state index in [0.29, 0.717) is 21.7 Å². The molecule has 0 aromatic carbocycles. The molecule has 0 saturated heterocycles. The van der Waals surface area contributed by atoms with Crippen LogP contribution in [0.2, 0.25) is 0 Å². The molecule has 1 fully saturated rings. The van der Waals surface area contributed by atoms with Crippen LogP contribution in [0.3, 0.4) is 0 Å². The Morgan fingerprint density at radius 3 is 1.65 bits per heavy atom. The summed E-state index contributed by atoms with van der Waals surface area (Å²) in [5.74, 6) is 0.852. The maximum atomic E-state index is 2.51. The maximum Gasteiger partial charge on any atom is -0.0272 e. The summed E-state index contributed by atoms with van der Waals surface area (Å²) in [6, 6.07) is 0. The van der Waals surface area contributed by atoms with Crippen LogP contribution < -0.4 is 0 Å². The minimum absolute atomic E-state index is 0.424. The zero-order valence-corrected chi connectivity index (χ0v) is 13.7. The Kier molecular flexibility index (Phi) is 3.54. The third-order valence-corrected chi connectivity index (χ3v) is 5.63. The Balaban J connectivity index is 2.97. The van der Waals surface area contributed by atoms with E-state index in [1.807, 2.05) is 0 Å². The molecule has 0 N–H and O–H groups in total. The van der Waals surface area contributed by atoms with E-state index >= 15 is 0 Å². The molecule has 17 heavy (non-hydrogen) atoms. The molecule has 1 saturated carbocycles. The van der Waals surface area contributed by atoms with Crippen molar-refractivity contribution in [3.05, 3.63) is 0 Å². The fourth-order valence-corrected chi connectivity index (χ4v) is 4.32. The second-order valence-corrected chi connectivity index (χ2v) is 9.43. The van der Waals surface area contributed by atoms with E-state index in [-0.39, 0.29) is 0 Å². The van der Waals surface area contributed by atoms with Gasteiger partial charge in [-0.1, -0.05) is 62.3 Å². The van der Waals surface area contributed by atoms with Crippen LogP contribution in [0, 0.1) is 27.6 Å². The van der Waals surface area contributed by atoms with Crippen molar-refractivity contribution in [1.82, 2.24) is 0 Å². The van der Waals surface area contributed by atoms with Crippen molar-refractivity contribution in [3.63, 3.8) is 0 Å². The van der Waals surface area contributed by atoms with Crippen molar-refractivity contribution in [2.24, 2.45) is 27.6 Å². The monoisotopic (exact) mass is 238 g/mol. The molecule has 0 bridgehead atoms. The Morgan fingerprint density at radius 1 is 0.882 bits per heavy atom. The molecule has 102 valence electrons. The van der Waals surface area contributed by atoms with Gasteiger partial charge in [-0.15, -0.1) is 0 Å². The summed E-state index contributed by atoms with van der Waals surface area (Å²) in [5.41, 5.74) is 1.84. The van der Waals surface area contributed by atoms with Crippen LogP contribution in [0.4, 0.5) is 0 Å². The van der Waals surface area contributed by atoms with Gasteiger partial charge in [0.05, 0.1) is 0 Å². The highest BCUT2D eigenvalue weighted by Crippen LogP contribution is 2.60. The van der Waals surface area contributed by atoms with Crippen molar-refractivity contribution < 1.29 is 0 Å². The summed E-state index contributed by atoms with van der Waals surface area (Å²) >= 11 is 0. The van der Waals surface area contributed by atoms with Crippen LogP contribution in [-0.2, 0) is 0 Å². The third kappa shape index (κ3) is 2.88. The van der Waals surface area contributed by atoms with Gasteiger partial charge < -0.3 is 0 Å². The Labute approximate surface area is 110 Å². The molecule has 1 aliphatic rings. The lowest BCUT2D eigenvalue weighted by Crippen LogP contribution is -2.47. The molecule has 0 aromatic rings. The summed E-state index contributed by atoms with van der Waals surface area (Å²) in [5, 5.41) is 0. The van der Waals surface area contributed by atoms with Gasteiger partial charge in [-0.05, 0) is 46.8 Å². The lowest BCUT2D eigenvalue weighted by atomic mass is 9.48. The van der Waals surface area contributed by atoms with Crippen LogP contribution in [0.1, 0.15) is 81.6 Å². The van der Waals surface area contributed by atoms with Crippen molar-refractivity contribution in [1.29, 1.82) is 0 Å². The fraction of sp³-hybridized carbons (Fsp3) is 1.00. The molecule has 2 atom stereocenters. The molecule has 0 aliphatic heterocycles. The molecule has 0 heterocycles. The van der Waals surface area contributed by atoms with Gasteiger partial charge >= 0.3 is 0 Å². The molecule has 0 heteroatoms. The maximum absolute atomic E-state index is 2.51. The van der Waals surface area contributed by atoms with Gasteiger partial charge in [-0.25, -0.2) is 0 Å². The molecule has 0 aromatic heterocycles.